The van der Waals surface area contributed by atoms with E-state index in [0.29, 0.717) is 23.1 Å². The lowest BCUT2D eigenvalue weighted by Crippen LogP contribution is -2.39. The molecule has 1 aromatic rings. The molecule has 96 valence electrons. The summed E-state index contributed by atoms with van der Waals surface area (Å²) in [4.78, 5) is 0. The van der Waals surface area contributed by atoms with Gasteiger partial charge in [-0.3, -0.25) is 0 Å². The summed E-state index contributed by atoms with van der Waals surface area (Å²) >= 11 is 11.8. The topological polar surface area (TPSA) is 32.3 Å². The molecule has 0 heterocycles. The van der Waals surface area contributed by atoms with Gasteiger partial charge < -0.3 is 10.4 Å². The Morgan fingerprint density at radius 3 is 2.35 bits per heavy atom. The van der Waals surface area contributed by atoms with E-state index >= 15 is 0 Å². The van der Waals surface area contributed by atoms with Crippen LogP contribution in [0.25, 0.3) is 0 Å². The molecule has 0 unspecified atom stereocenters. The van der Waals surface area contributed by atoms with Crippen LogP contribution in [0.2, 0.25) is 10.0 Å². The fourth-order valence-electron chi connectivity index (χ4n) is 1.59. The van der Waals surface area contributed by atoms with E-state index in [4.69, 9.17) is 23.2 Å². The van der Waals surface area contributed by atoms with Crippen molar-refractivity contribution in [2.45, 2.75) is 38.8 Å². The Kier molecular flexibility index (Phi) is 5.74. The summed E-state index contributed by atoms with van der Waals surface area (Å²) in [5.74, 6) is 0. The monoisotopic (exact) mass is 275 g/mol. The summed E-state index contributed by atoms with van der Waals surface area (Å²) in [6.07, 6.45) is 1.50. The minimum Gasteiger partial charge on any atom is -0.389 e. The predicted molar refractivity (Wildman–Crippen MR) is 73.7 cm³/mol. The number of rotatable bonds is 6. The van der Waals surface area contributed by atoms with Crippen LogP contribution in [0.3, 0.4) is 0 Å². The van der Waals surface area contributed by atoms with Gasteiger partial charge in [-0.15, -0.1) is 0 Å². The van der Waals surface area contributed by atoms with E-state index in [1.165, 1.54) is 0 Å². The molecule has 0 aliphatic carbocycles. The van der Waals surface area contributed by atoms with Crippen LogP contribution in [0.15, 0.2) is 18.2 Å². The van der Waals surface area contributed by atoms with Crippen molar-refractivity contribution in [3.63, 3.8) is 0 Å². The molecule has 0 amide bonds. The van der Waals surface area contributed by atoms with Crippen LogP contribution in [-0.2, 0) is 6.54 Å². The molecule has 0 aliphatic rings. The van der Waals surface area contributed by atoms with Gasteiger partial charge in [-0.2, -0.15) is 0 Å². The second-order valence-electron chi connectivity index (χ2n) is 4.28. The van der Waals surface area contributed by atoms with E-state index in [-0.39, 0.29) is 0 Å². The first kappa shape index (κ1) is 14.8. The van der Waals surface area contributed by atoms with E-state index in [0.717, 1.165) is 18.4 Å². The van der Waals surface area contributed by atoms with E-state index in [1.807, 2.05) is 26.0 Å². The van der Waals surface area contributed by atoms with Gasteiger partial charge in [0.1, 0.15) is 0 Å². The van der Waals surface area contributed by atoms with Crippen LogP contribution in [0, 0.1) is 0 Å². The van der Waals surface area contributed by atoms with Crippen molar-refractivity contribution in [2.75, 3.05) is 6.54 Å². The van der Waals surface area contributed by atoms with Crippen molar-refractivity contribution in [1.29, 1.82) is 0 Å². The molecule has 1 aromatic carbocycles. The van der Waals surface area contributed by atoms with Gasteiger partial charge in [-0.1, -0.05) is 43.1 Å². The molecule has 0 atom stereocenters. The first-order valence-electron chi connectivity index (χ1n) is 5.88. The van der Waals surface area contributed by atoms with Gasteiger partial charge in [0.2, 0.25) is 0 Å². The number of benzene rings is 1. The van der Waals surface area contributed by atoms with Crippen LogP contribution in [0.5, 0.6) is 0 Å². The third-order valence-corrected chi connectivity index (χ3v) is 3.82. The molecule has 0 spiro atoms. The Hall–Kier alpha value is -0.280. The highest BCUT2D eigenvalue weighted by Crippen LogP contribution is 2.22. The highest BCUT2D eigenvalue weighted by molar-refractivity contribution is 6.42. The van der Waals surface area contributed by atoms with E-state index < -0.39 is 5.60 Å². The summed E-state index contributed by atoms with van der Waals surface area (Å²) in [7, 11) is 0. The zero-order valence-corrected chi connectivity index (χ0v) is 11.8. The Labute approximate surface area is 113 Å². The molecule has 0 fully saturated rings. The average molecular weight is 276 g/mol. The fraction of sp³-hybridized carbons (Fsp3) is 0.538. The first-order valence-corrected chi connectivity index (χ1v) is 6.63. The van der Waals surface area contributed by atoms with E-state index in [2.05, 4.69) is 5.32 Å². The highest BCUT2D eigenvalue weighted by atomic mass is 35.5. The number of halogens is 2. The van der Waals surface area contributed by atoms with Gasteiger partial charge in [-0.05, 0) is 30.5 Å². The Balaban J connectivity index is 2.48. The highest BCUT2D eigenvalue weighted by Gasteiger charge is 2.20. The Morgan fingerprint density at radius 1 is 1.18 bits per heavy atom. The van der Waals surface area contributed by atoms with Crippen molar-refractivity contribution in [2.24, 2.45) is 0 Å². The van der Waals surface area contributed by atoms with Crippen molar-refractivity contribution < 1.29 is 5.11 Å². The zero-order valence-electron chi connectivity index (χ0n) is 10.3. The van der Waals surface area contributed by atoms with Crippen LogP contribution < -0.4 is 5.32 Å². The van der Waals surface area contributed by atoms with Gasteiger partial charge in [0.15, 0.2) is 0 Å². The maximum absolute atomic E-state index is 10.1. The molecule has 2 N–H and O–H groups in total. The summed E-state index contributed by atoms with van der Waals surface area (Å²) in [6, 6.07) is 5.55. The second kappa shape index (κ2) is 6.60. The summed E-state index contributed by atoms with van der Waals surface area (Å²) in [5, 5.41) is 14.5. The van der Waals surface area contributed by atoms with E-state index in [1.54, 1.807) is 6.07 Å². The third kappa shape index (κ3) is 4.47. The maximum Gasteiger partial charge on any atom is 0.0766 e. The van der Waals surface area contributed by atoms with Crippen LogP contribution in [0.4, 0.5) is 0 Å². The molecule has 0 saturated carbocycles. The average Bonchev–Trinajstić information content (AvgIpc) is 2.33. The normalized spacial score (nSPS) is 11.8. The summed E-state index contributed by atoms with van der Waals surface area (Å²) in [6.45, 7) is 5.24. The van der Waals surface area contributed by atoms with Gasteiger partial charge in [-0.25, -0.2) is 0 Å². The van der Waals surface area contributed by atoms with Gasteiger partial charge in [0.05, 0.1) is 15.6 Å². The number of hydrogen-bond acceptors (Lipinski definition) is 2. The van der Waals surface area contributed by atoms with Crippen molar-refractivity contribution >= 4 is 23.2 Å². The smallest absolute Gasteiger partial charge is 0.0766 e. The summed E-state index contributed by atoms with van der Waals surface area (Å²) in [5.41, 5.74) is 0.449. The summed E-state index contributed by atoms with van der Waals surface area (Å²) < 4.78 is 0. The molecule has 2 nitrogen and oxygen atoms in total. The molecule has 0 aromatic heterocycles. The lowest BCUT2D eigenvalue weighted by atomic mass is 9.97. The molecule has 1 rings (SSSR count). The van der Waals surface area contributed by atoms with Crippen LogP contribution >= 0.6 is 23.2 Å². The van der Waals surface area contributed by atoms with Gasteiger partial charge in [0, 0.05) is 13.1 Å². The molecule has 0 saturated heterocycles. The number of nitrogens with one attached hydrogen (secondary N) is 1. The van der Waals surface area contributed by atoms with E-state index in [9.17, 15) is 5.11 Å². The van der Waals surface area contributed by atoms with Crippen molar-refractivity contribution in [3.8, 4) is 0 Å². The largest absolute Gasteiger partial charge is 0.389 e. The fourth-order valence-corrected chi connectivity index (χ4v) is 1.91. The Morgan fingerprint density at radius 2 is 1.82 bits per heavy atom. The van der Waals surface area contributed by atoms with Crippen LogP contribution in [-0.4, -0.2) is 17.3 Å². The molecule has 0 aliphatic heterocycles. The first-order chi connectivity index (χ1) is 8.00. The third-order valence-electron chi connectivity index (χ3n) is 3.08. The quantitative estimate of drug-likeness (QED) is 0.831. The molecule has 0 bridgehead atoms. The maximum atomic E-state index is 10.1. The van der Waals surface area contributed by atoms with Crippen molar-refractivity contribution in [1.82, 2.24) is 5.32 Å². The van der Waals surface area contributed by atoms with Gasteiger partial charge in [0.25, 0.3) is 0 Å². The lowest BCUT2D eigenvalue weighted by molar-refractivity contribution is 0.0323. The number of hydrogen-bond donors (Lipinski definition) is 2. The zero-order chi connectivity index (χ0) is 12.9. The molecular weight excluding hydrogens is 257 g/mol. The molecule has 4 heteroatoms. The second-order valence-corrected chi connectivity index (χ2v) is 5.10. The standard InChI is InChI=1S/C13H19Cl2NO/c1-3-13(17,4-2)9-16-8-10-5-6-11(14)12(15)7-10/h5-7,16-17H,3-4,8-9H2,1-2H3. The number of aliphatic hydroxyl groups is 1. The predicted octanol–water partition coefficient (Wildman–Crippen LogP) is 3.63. The molecule has 0 radical (unpaired) electrons. The lowest BCUT2D eigenvalue weighted by Gasteiger charge is -2.25. The SMILES string of the molecule is CCC(O)(CC)CNCc1ccc(Cl)c(Cl)c1. The molecular formula is C13H19Cl2NO. The Bertz CT molecular complexity index is 364. The minimum absolute atomic E-state index is 0.562. The van der Waals surface area contributed by atoms with Crippen molar-refractivity contribution in [3.05, 3.63) is 33.8 Å². The van der Waals surface area contributed by atoms with Gasteiger partial charge >= 0.3 is 0 Å². The molecule has 17 heavy (non-hydrogen) atoms. The minimum atomic E-state index is -0.615. The van der Waals surface area contributed by atoms with Crippen LogP contribution in [0.1, 0.15) is 32.3 Å².